The molecule has 1 aromatic rings. The molecule has 0 amide bonds. The summed E-state index contributed by atoms with van der Waals surface area (Å²) in [6.07, 6.45) is 2.39. The topological polar surface area (TPSA) is 34.1 Å². The van der Waals surface area contributed by atoms with Crippen LogP contribution in [0.1, 0.15) is 25.3 Å². The fourth-order valence-corrected chi connectivity index (χ4v) is 3.53. The molecule has 27 heavy (non-hydrogen) atoms. The number of hydrogen-bond donors (Lipinski definition) is 1. The van der Waals surface area contributed by atoms with E-state index in [0.29, 0.717) is 0 Å². The zero-order chi connectivity index (χ0) is 18.8. The van der Waals surface area contributed by atoms with E-state index in [0.717, 1.165) is 36.1 Å². The lowest BCUT2D eigenvalue weighted by Crippen LogP contribution is -2.46. The Labute approximate surface area is 187 Å². The Morgan fingerprint density at radius 3 is 2.44 bits per heavy atom. The molecule has 0 radical (unpaired) electrons. The molecular weight excluding hydrogens is 473 g/mol. The lowest BCUT2D eigenvalue weighted by Gasteiger charge is -2.34. The van der Waals surface area contributed by atoms with Gasteiger partial charge in [-0.1, -0.05) is 36.7 Å². The van der Waals surface area contributed by atoms with Gasteiger partial charge in [0, 0.05) is 58.4 Å². The Morgan fingerprint density at radius 2 is 1.81 bits per heavy atom. The number of likely N-dealkylation sites (N-methyl/N-ethyl adjacent to an activating group) is 1. The van der Waals surface area contributed by atoms with Crippen LogP contribution < -0.4 is 5.32 Å². The van der Waals surface area contributed by atoms with Crippen LogP contribution in [0.4, 0.5) is 0 Å². The summed E-state index contributed by atoms with van der Waals surface area (Å²) < 4.78 is 0. The zero-order valence-corrected chi connectivity index (χ0v) is 20.0. The second-order valence-corrected chi connectivity index (χ2v) is 7.31. The van der Waals surface area contributed by atoms with Crippen molar-refractivity contribution in [1.82, 2.24) is 20.0 Å². The maximum Gasteiger partial charge on any atom is 0.193 e. The lowest BCUT2D eigenvalue weighted by molar-refractivity contribution is 0.136. The monoisotopic (exact) mass is 507 g/mol. The van der Waals surface area contributed by atoms with E-state index < -0.39 is 0 Å². The van der Waals surface area contributed by atoms with E-state index in [2.05, 4.69) is 38.0 Å². The summed E-state index contributed by atoms with van der Waals surface area (Å²) in [5, 5.41) is 4.27. The van der Waals surface area contributed by atoms with E-state index in [1.165, 1.54) is 45.7 Å². The van der Waals surface area contributed by atoms with Crippen LogP contribution in [0.5, 0.6) is 0 Å². The summed E-state index contributed by atoms with van der Waals surface area (Å²) in [5.74, 6) is 0.918. The maximum absolute atomic E-state index is 6.26. The van der Waals surface area contributed by atoms with Crippen LogP contribution >= 0.6 is 35.6 Å². The molecule has 0 atom stereocenters. The minimum absolute atomic E-state index is 0. The molecule has 1 N–H and O–H groups in total. The van der Waals surface area contributed by atoms with Crippen LogP contribution in [0.2, 0.25) is 5.02 Å². The first kappa shape index (κ1) is 24.5. The summed E-state index contributed by atoms with van der Waals surface area (Å²) in [6, 6.07) is 7.97. The largest absolute Gasteiger partial charge is 0.356 e. The number of hydrogen-bond acceptors (Lipinski definition) is 3. The van der Waals surface area contributed by atoms with Crippen LogP contribution in [-0.4, -0.2) is 80.6 Å². The Hall–Kier alpha value is -0.570. The van der Waals surface area contributed by atoms with Gasteiger partial charge in [-0.05, 0) is 37.6 Å². The van der Waals surface area contributed by atoms with Crippen LogP contribution in [0, 0.1) is 0 Å². The predicted octanol–water partition coefficient (Wildman–Crippen LogP) is 3.38. The first-order chi connectivity index (χ1) is 12.6. The Balaban J connectivity index is 0.00000364. The molecule has 1 saturated heterocycles. The normalized spacial score (nSPS) is 16.1. The third-order valence-corrected chi connectivity index (χ3v) is 5.40. The number of unbranched alkanes of at least 4 members (excludes halogenated alkanes) is 1. The molecule has 0 aliphatic carbocycles. The number of nitrogens with one attached hydrogen (secondary N) is 1. The summed E-state index contributed by atoms with van der Waals surface area (Å²) in [6.45, 7) is 11.2. The summed E-state index contributed by atoms with van der Waals surface area (Å²) in [7, 11) is 3.88. The molecule has 5 nitrogen and oxygen atoms in total. The van der Waals surface area contributed by atoms with E-state index in [-0.39, 0.29) is 24.0 Å². The van der Waals surface area contributed by atoms with Crippen molar-refractivity contribution in [3.05, 3.63) is 34.9 Å². The minimum Gasteiger partial charge on any atom is -0.356 e. The van der Waals surface area contributed by atoms with Crippen molar-refractivity contribution >= 4 is 41.5 Å². The molecule has 0 aromatic heterocycles. The van der Waals surface area contributed by atoms with Gasteiger partial charge in [0.1, 0.15) is 0 Å². The maximum atomic E-state index is 6.26. The van der Waals surface area contributed by atoms with Crippen LogP contribution in [0.3, 0.4) is 0 Å². The number of nitrogens with zero attached hydrogens (tertiary/aromatic N) is 4. The van der Waals surface area contributed by atoms with Crippen LogP contribution in [0.25, 0.3) is 0 Å². The number of halogens is 2. The van der Waals surface area contributed by atoms with Crippen molar-refractivity contribution in [1.29, 1.82) is 0 Å². The van der Waals surface area contributed by atoms with E-state index in [1.54, 1.807) is 0 Å². The summed E-state index contributed by atoms with van der Waals surface area (Å²) >= 11 is 6.26. The molecule has 154 valence electrons. The van der Waals surface area contributed by atoms with Crippen molar-refractivity contribution in [3.8, 4) is 0 Å². The van der Waals surface area contributed by atoms with Gasteiger partial charge in [-0.15, -0.1) is 24.0 Å². The molecule has 0 unspecified atom stereocenters. The highest BCUT2D eigenvalue weighted by molar-refractivity contribution is 14.0. The van der Waals surface area contributed by atoms with Crippen molar-refractivity contribution in [2.75, 3.05) is 59.9 Å². The Kier molecular flexibility index (Phi) is 12.3. The Bertz CT molecular complexity index is 561. The van der Waals surface area contributed by atoms with Gasteiger partial charge in [-0.2, -0.15) is 0 Å². The number of guanidine groups is 1. The van der Waals surface area contributed by atoms with Crippen molar-refractivity contribution in [3.63, 3.8) is 0 Å². The van der Waals surface area contributed by atoms with E-state index in [4.69, 9.17) is 11.6 Å². The smallest absolute Gasteiger partial charge is 0.193 e. The summed E-state index contributed by atoms with van der Waals surface area (Å²) in [4.78, 5) is 11.6. The highest BCUT2D eigenvalue weighted by Crippen LogP contribution is 2.16. The van der Waals surface area contributed by atoms with Crippen molar-refractivity contribution < 1.29 is 0 Å². The van der Waals surface area contributed by atoms with E-state index >= 15 is 0 Å². The average molecular weight is 508 g/mol. The first-order valence-electron chi connectivity index (χ1n) is 9.74. The number of piperazine rings is 1. The Morgan fingerprint density at radius 1 is 1.15 bits per heavy atom. The third-order valence-electron chi connectivity index (χ3n) is 5.04. The molecule has 1 aromatic carbocycles. The zero-order valence-electron chi connectivity index (χ0n) is 17.0. The predicted molar refractivity (Wildman–Crippen MR) is 127 cm³/mol. The third kappa shape index (κ3) is 8.54. The quantitative estimate of drug-likeness (QED) is 0.253. The molecule has 0 saturated carbocycles. The van der Waals surface area contributed by atoms with Gasteiger partial charge >= 0.3 is 0 Å². The molecular formula is C20H35ClIN5. The first-order valence-corrected chi connectivity index (χ1v) is 10.1. The molecule has 1 aliphatic heterocycles. The van der Waals surface area contributed by atoms with Gasteiger partial charge in [0.2, 0.25) is 0 Å². The molecule has 1 aliphatic rings. The molecule has 1 fully saturated rings. The standard InChI is InChI=1S/C20H34ClN5.HI/c1-4-25-13-15-26(16-14-25)12-8-7-11-23-20(22-2)24(3)17-18-9-5-6-10-19(18)21;/h5-6,9-10H,4,7-8,11-17H2,1-3H3,(H,22,23);1H. The van der Waals surface area contributed by atoms with Gasteiger partial charge < -0.3 is 20.0 Å². The van der Waals surface area contributed by atoms with Gasteiger partial charge in [-0.3, -0.25) is 4.99 Å². The van der Waals surface area contributed by atoms with Gasteiger partial charge in [0.25, 0.3) is 0 Å². The SMILES string of the molecule is CCN1CCN(CCCCNC(=NC)N(C)Cc2ccccc2Cl)CC1.I. The highest BCUT2D eigenvalue weighted by atomic mass is 127. The van der Waals surface area contributed by atoms with Gasteiger partial charge in [-0.25, -0.2) is 0 Å². The van der Waals surface area contributed by atoms with E-state index in [1.807, 2.05) is 32.3 Å². The average Bonchev–Trinajstić information content (AvgIpc) is 2.67. The van der Waals surface area contributed by atoms with Crippen LogP contribution in [-0.2, 0) is 6.54 Å². The minimum atomic E-state index is 0. The molecule has 1 heterocycles. The molecule has 7 heteroatoms. The van der Waals surface area contributed by atoms with Gasteiger partial charge in [0.05, 0.1) is 0 Å². The second kappa shape index (κ2) is 13.6. The number of rotatable bonds is 8. The number of benzene rings is 1. The number of aliphatic imine (C=N–C) groups is 1. The van der Waals surface area contributed by atoms with Crippen LogP contribution in [0.15, 0.2) is 29.3 Å². The summed E-state index contributed by atoms with van der Waals surface area (Å²) in [5.41, 5.74) is 1.12. The fraction of sp³-hybridized carbons (Fsp3) is 0.650. The second-order valence-electron chi connectivity index (χ2n) is 6.90. The van der Waals surface area contributed by atoms with Crippen molar-refractivity contribution in [2.45, 2.75) is 26.3 Å². The fourth-order valence-electron chi connectivity index (χ4n) is 3.33. The van der Waals surface area contributed by atoms with Gasteiger partial charge in [0.15, 0.2) is 5.96 Å². The lowest BCUT2D eigenvalue weighted by atomic mass is 10.2. The molecule has 2 rings (SSSR count). The molecule has 0 bridgehead atoms. The van der Waals surface area contributed by atoms with E-state index in [9.17, 15) is 0 Å². The van der Waals surface area contributed by atoms with Crippen molar-refractivity contribution in [2.24, 2.45) is 4.99 Å². The molecule has 0 spiro atoms. The highest BCUT2D eigenvalue weighted by Gasteiger charge is 2.14.